The van der Waals surface area contributed by atoms with Gasteiger partial charge in [0.2, 0.25) is 0 Å². The zero-order valence-electron chi connectivity index (χ0n) is 16.1. The van der Waals surface area contributed by atoms with Gasteiger partial charge in [0.05, 0.1) is 11.1 Å². The summed E-state index contributed by atoms with van der Waals surface area (Å²) in [6.45, 7) is 0. The zero-order valence-corrected chi connectivity index (χ0v) is 17.7. The summed E-state index contributed by atoms with van der Waals surface area (Å²) in [5.41, 5.74) is -2.77. The minimum absolute atomic E-state index is 0.00661. The Morgan fingerprint density at radius 2 is 1.45 bits per heavy atom. The van der Waals surface area contributed by atoms with Gasteiger partial charge in [0.1, 0.15) is 27.9 Å². The highest BCUT2D eigenvalue weighted by Gasteiger charge is 2.57. The molecule has 2 aliphatic rings. The van der Waals surface area contributed by atoms with Crippen LogP contribution in [0.1, 0.15) is 27.0 Å². The van der Waals surface area contributed by atoms with Crippen molar-refractivity contribution in [3.8, 4) is 23.0 Å². The van der Waals surface area contributed by atoms with E-state index in [4.69, 9.17) is 9.47 Å². The van der Waals surface area contributed by atoms with Gasteiger partial charge in [0, 0.05) is 23.3 Å². The second kappa shape index (κ2) is 6.45. The van der Waals surface area contributed by atoms with E-state index in [0.29, 0.717) is 6.07 Å². The van der Waals surface area contributed by atoms with Crippen LogP contribution >= 0.6 is 0 Å². The molecule has 0 aromatic heterocycles. The summed E-state index contributed by atoms with van der Waals surface area (Å²) in [6.07, 6.45) is 0. The fourth-order valence-corrected chi connectivity index (χ4v) is 6.39. The summed E-state index contributed by atoms with van der Waals surface area (Å²) >= 11 is 0. The van der Waals surface area contributed by atoms with Crippen LogP contribution in [-0.2, 0) is 30.6 Å². The Balaban J connectivity index is 2.07. The van der Waals surface area contributed by atoms with Crippen molar-refractivity contribution in [2.45, 2.75) is 15.4 Å². The standard InChI is InChI=1S/C20H12O11S2/c21-9-5-6-12-14(7-9)30-15-8-13(22)17(32(24,25)26)18(33(27,28)29)16(15)20(12)11-4-2-1-3-10(11)19(23)31-20/h1-8,21-22H,(H,24,25,26)(H,27,28,29). The molecule has 0 fully saturated rings. The smallest absolute Gasteiger partial charge is 0.340 e. The van der Waals surface area contributed by atoms with E-state index in [-0.39, 0.29) is 28.2 Å². The number of esters is 1. The molecule has 0 saturated heterocycles. The van der Waals surface area contributed by atoms with Gasteiger partial charge in [-0.1, -0.05) is 18.2 Å². The maximum atomic E-state index is 12.8. The summed E-state index contributed by atoms with van der Waals surface area (Å²) in [5, 5.41) is 20.2. The largest absolute Gasteiger partial charge is 0.508 e. The number of hydrogen-bond donors (Lipinski definition) is 4. The van der Waals surface area contributed by atoms with Crippen LogP contribution in [0.3, 0.4) is 0 Å². The number of carbonyl (C=O) groups is 1. The molecule has 0 aliphatic carbocycles. The average molecular weight is 492 g/mol. The molecule has 170 valence electrons. The summed E-state index contributed by atoms with van der Waals surface area (Å²) in [7, 11) is -10.9. The van der Waals surface area contributed by atoms with Gasteiger partial charge in [-0.3, -0.25) is 9.11 Å². The van der Waals surface area contributed by atoms with Crippen molar-refractivity contribution < 1.29 is 50.4 Å². The van der Waals surface area contributed by atoms with Crippen LogP contribution < -0.4 is 4.74 Å². The number of benzene rings is 3. The molecule has 4 N–H and O–H groups in total. The first-order chi connectivity index (χ1) is 15.4. The average Bonchev–Trinajstić information content (AvgIpc) is 2.98. The second-order valence-electron chi connectivity index (χ2n) is 7.28. The molecule has 2 aliphatic heterocycles. The van der Waals surface area contributed by atoms with Crippen LogP contribution in [0.15, 0.2) is 58.3 Å². The second-order valence-corrected chi connectivity index (χ2v) is 9.99. The molecule has 0 saturated carbocycles. The van der Waals surface area contributed by atoms with Gasteiger partial charge >= 0.3 is 5.97 Å². The number of phenols is 2. The predicted octanol–water partition coefficient (Wildman–Crippen LogP) is 2.16. The Morgan fingerprint density at radius 3 is 2.12 bits per heavy atom. The lowest BCUT2D eigenvalue weighted by molar-refractivity contribution is 0.0212. The number of hydrogen-bond acceptors (Lipinski definition) is 9. The van der Waals surface area contributed by atoms with Gasteiger partial charge in [-0.25, -0.2) is 4.79 Å². The quantitative estimate of drug-likeness (QED) is 0.303. The molecular weight excluding hydrogens is 480 g/mol. The van der Waals surface area contributed by atoms with Crippen LogP contribution in [-0.4, -0.2) is 42.1 Å². The minimum Gasteiger partial charge on any atom is -0.508 e. The lowest BCUT2D eigenvalue weighted by Crippen LogP contribution is -2.35. The van der Waals surface area contributed by atoms with Crippen molar-refractivity contribution in [2.24, 2.45) is 0 Å². The van der Waals surface area contributed by atoms with Crippen LogP contribution in [0.5, 0.6) is 23.0 Å². The maximum absolute atomic E-state index is 12.8. The normalized spacial score (nSPS) is 18.8. The minimum atomic E-state index is -5.49. The highest BCUT2D eigenvalue weighted by Crippen LogP contribution is 2.59. The van der Waals surface area contributed by atoms with E-state index in [1.165, 1.54) is 36.4 Å². The summed E-state index contributed by atoms with van der Waals surface area (Å²) in [6, 6.07) is 10.1. The van der Waals surface area contributed by atoms with E-state index in [1.54, 1.807) is 0 Å². The Labute approximate surface area is 185 Å². The van der Waals surface area contributed by atoms with Gasteiger partial charge in [-0.05, 0) is 18.2 Å². The van der Waals surface area contributed by atoms with Crippen molar-refractivity contribution in [2.75, 3.05) is 0 Å². The molecule has 2 heterocycles. The topological polar surface area (TPSA) is 185 Å². The first kappa shape index (κ1) is 21.2. The summed E-state index contributed by atoms with van der Waals surface area (Å²) < 4.78 is 80.0. The summed E-state index contributed by atoms with van der Waals surface area (Å²) in [4.78, 5) is 9.85. The van der Waals surface area contributed by atoms with Crippen molar-refractivity contribution >= 4 is 26.2 Å². The fraction of sp³-hybridized carbons (Fsp3) is 0.0500. The first-order valence-electron chi connectivity index (χ1n) is 9.05. The molecule has 33 heavy (non-hydrogen) atoms. The highest BCUT2D eigenvalue weighted by atomic mass is 32.2. The van der Waals surface area contributed by atoms with Crippen molar-refractivity contribution in [1.29, 1.82) is 0 Å². The van der Waals surface area contributed by atoms with Gasteiger partial charge in [-0.2, -0.15) is 16.8 Å². The Bertz CT molecular complexity index is 1610. The van der Waals surface area contributed by atoms with E-state index < -0.39 is 58.7 Å². The number of fused-ring (bicyclic) bond motifs is 6. The molecule has 0 radical (unpaired) electrons. The summed E-state index contributed by atoms with van der Waals surface area (Å²) in [5.74, 6) is -3.03. The highest BCUT2D eigenvalue weighted by molar-refractivity contribution is 7.89. The van der Waals surface area contributed by atoms with Crippen LogP contribution in [0, 0.1) is 0 Å². The third-order valence-corrected chi connectivity index (χ3v) is 7.37. The van der Waals surface area contributed by atoms with E-state index >= 15 is 0 Å². The molecule has 5 rings (SSSR count). The van der Waals surface area contributed by atoms with Crippen LogP contribution in [0.25, 0.3) is 0 Å². The molecule has 1 atom stereocenters. The Kier molecular flexibility index (Phi) is 4.14. The van der Waals surface area contributed by atoms with Crippen molar-refractivity contribution in [3.63, 3.8) is 0 Å². The van der Waals surface area contributed by atoms with Crippen LogP contribution in [0.4, 0.5) is 0 Å². The molecule has 0 bridgehead atoms. The number of aromatic hydroxyl groups is 2. The molecule has 1 unspecified atom stereocenters. The van der Waals surface area contributed by atoms with E-state index in [2.05, 4.69) is 0 Å². The third kappa shape index (κ3) is 2.83. The SMILES string of the molecule is O=C1OC2(c3ccc(O)cc3Oc3cc(O)c(S(=O)(=O)O)c(S(=O)(=O)O)c32)c2ccccc21. The molecular formula is C20H12O11S2. The first-order valence-corrected chi connectivity index (χ1v) is 11.9. The predicted molar refractivity (Wildman–Crippen MR) is 108 cm³/mol. The Morgan fingerprint density at radius 1 is 0.788 bits per heavy atom. The number of carbonyl (C=O) groups excluding carboxylic acids is 1. The monoisotopic (exact) mass is 492 g/mol. The molecule has 3 aromatic carbocycles. The van der Waals surface area contributed by atoms with Crippen molar-refractivity contribution in [3.05, 3.63) is 70.8 Å². The van der Waals surface area contributed by atoms with Gasteiger partial charge in [0.25, 0.3) is 20.2 Å². The van der Waals surface area contributed by atoms with Gasteiger partial charge in [-0.15, -0.1) is 0 Å². The molecule has 1 spiro atoms. The zero-order chi connectivity index (χ0) is 23.9. The van der Waals surface area contributed by atoms with Gasteiger partial charge < -0.3 is 19.7 Å². The maximum Gasteiger partial charge on any atom is 0.340 e. The molecule has 0 amide bonds. The van der Waals surface area contributed by atoms with Gasteiger partial charge in [0.15, 0.2) is 10.5 Å². The molecule has 13 heteroatoms. The molecule has 3 aromatic rings. The fourth-order valence-electron chi connectivity index (χ4n) is 4.26. The van der Waals surface area contributed by atoms with E-state index in [9.17, 15) is 40.9 Å². The lowest BCUT2D eigenvalue weighted by atomic mass is 9.77. The third-order valence-electron chi connectivity index (χ3n) is 5.38. The molecule has 11 nitrogen and oxygen atoms in total. The van der Waals surface area contributed by atoms with E-state index in [0.717, 1.165) is 6.07 Å². The van der Waals surface area contributed by atoms with Crippen LogP contribution in [0.2, 0.25) is 0 Å². The van der Waals surface area contributed by atoms with E-state index in [1.807, 2.05) is 0 Å². The number of rotatable bonds is 2. The Hall–Kier alpha value is -3.65. The number of ether oxygens (including phenoxy) is 2. The number of phenolic OH excluding ortho intramolecular Hbond substituents is 2. The lowest BCUT2D eigenvalue weighted by Gasteiger charge is -2.37. The van der Waals surface area contributed by atoms with Crippen molar-refractivity contribution in [1.82, 2.24) is 0 Å².